The number of nitrogen functional groups attached to an aromatic ring is 1. The highest BCUT2D eigenvalue weighted by molar-refractivity contribution is 7.10. The molecule has 1 aliphatic rings. The van der Waals surface area contributed by atoms with Crippen LogP contribution in [0.25, 0.3) is 0 Å². The molecular weight excluding hydrogens is 364 g/mol. The van der Waals surface area contributed by atoms with E-state index in [-0.39, 0.29) is 6.10 Å². The summed E-state index contributed by atoms with van der Waals surface area (Å²) in [5.41, 5.74) is 9.47. The van der Waals surface area contributed by atoms with E-state index in [2.05, 4.69) is 64.9 Å². The fourth-order valence-corrected chi connectivity index (χ4v) is 5.28. The van der Waals surface area contributed by atoms with Crippen molar-refractivity contribution >= 4 is 17.0 Å². The van der Waals surface area contributed by atoms with Crippen LogP contribution < -0.4 is 5.73 Å². The molecule has 3 unspecified atom stereocenters. The number of benzene rings is 2. The number of hydrogen-bond acceptors (Lipinski definition) is 4. The van der Waals surface area contributed by atoms with E-state index in [0.717, 1.165) is 31.6 Å². The average molecular weight is 393 g/mol. The summed E-state index contributed by atoms with van der Waals surface area (Å²) in [7, 11) is 1.85. The molecule has 0 radical (unpaired) electrons. The molecule has 1 saturated heterocycles. The van der Waals surface area contributed by atoms with Crippen LogP contribution in [0.5, 0.6) is 0 Å². The number of nitrogens with zero attached hydrogens (tertiary/aromatic N) is 1. The molecule has 28 heavy (non-hydrogen) atoms. The fourth-order valence-electron chi connectivity index (χ4n) is 4.38. The molecule has 2 N–H and O–H groups in total. The number of rotatable bonds is 6. The summed E-state index contributed by atoms with van der Waals surface area (Å²) in [5, 5.41) is 2.14. The third-order valence-electron chi connectivity index (χ3n) is 5.81. The minimum absolute atomic E-state index is 0.176. The van der Waals surface area contributed by atoms with Gasteiger partial charge in [-0.15, -0.1) is 11.3 Å². The van der Waals surface area contributed by atoms with Gasteiger partial charge in [0.15, 0.2) is 0 Å². The Kier molecular flexibility index (Phi) is 6.10. The molecule has 4 heteroatoms. The van der Waals surface area contributed by atoms with Crippen LogP contribution in [0.1, 0.15) is 41.0 Å². The van der Waals surface area contributed by atoms with Crippen molar-refractivity contribution in [3.05, 3.63) is 88.1 Å². The van der Waals surface area contributed by atoms with Gasteiger partial charge >= 0.3 is 0 Å². The molecule has 2 aromatic carbocycles. The highest BCUT2D eigenvalue weighted by Crippen LogP contribution is 2.43. The second kappa shape index (κ2) is 8.91. The number of hydrogen-bond donors (Lipinski definition) is 1. The lowest BCUT2D eigenvalue weighted by Crippen LogP contribution is -2.38. The predicted molar refractivity (Wildman–Crippen MR) is 117 cm³/mol. The molecule has 1 aromatic heterocycles. The number of anilines is 1. The van der Waals surface area contributed by atoms with E-state index in [1.165, 1.54) is 16.0 Å². The summed E-state index contributed by atoms with van der Waals surface area (Å²) >= 11 is 1.80. The van der Waals surface area contributed by atoms with Crippen LogP contribution >= 0.6 is 11.3 Å². The van der Waals surface area contributed by atoms with Gasteiger partial charge in [0.2, 0.25) is 0 Å². The molecule has 1 fully saturated rings. The Labute approximate surface area is 171 Å². The van der Waals surface area contributed by atoms with Crippen LogP contribution in [0.2, 0.25) is 0 Å². The van der Waals surface area contributed by atoms with E-state index in [9.17, 15) is 0 Å². The Morgan fingerprint density at radius 3 is 2.54 bits per heavy atom. The summed E-state index contributed by atoms with van der Waals surface area (Å²) in [6, 6.07) is 23.9. The van der Waals surface area contributed by atoms with Gasteiger partial charge in [0.25, 0.3) is 0 Å². The first-order valence-corrected chi connectivity index (χ1v) is 10.8. The maximum atomic E-state index is 5.96. The third-order valence-corrected chi connectivity index (χ3v) is 6.74. The van der Waals surface area contributed by atoms with Gasteiger partial charge in [-0.3, -0.25) is 4.90 Å². The molecule has 3 atom stereocenters. The van der Waals surface area contributed by atoms with Crippen LogP contribution in [0.15, 0.2) is 72.1 Å². The first-order chi connectivity index (χ1) is 13.7. The van der Waals surface area contributed by atoms with Crippen LogP contribution in [0.4, 0.5) is 5.69 Å². The summed E-state index contributed by atoms with van der Waals surface area (Å²) in [5.74, 6) is 0.512. The highest BCUT2D eigenvalue weighted by atomic mass is 32.1. The monoisotopic (exact) mass is 392 g/mol. The molecule has 1 aliphatic heterocycles. The van der Waals surface area contributed by atoms with Crippen LogP contribution in [-0.2, 0) is 11.3 Å². The lowest BCUT2D eigenvalue weighted by atomic mass is 9.83. The van der Waals surface area contributed by atoms with Crippen molar-refractivity contribution in [2.75, 3.05) is 19.4 Å². The third kappa shape index (κ3) is 4.30. The molecule has 0 amide bonds. The maximum absolute atomic E-state index is 5.96. The van der Waals surface area contributed by atoms with Gasteiger partial charge in [-0.25, -0.2) is 0 Å². The number of nitrogens with two attached hydrogens (primary N) is 1. The topological polar surface area (TPSA) is 38.5 Å². The molecular formula is C24H28N2OS. The Morgan fingerprint density at radius 1 is 1.07 bits per heavy atom. The first kappa shape index (κ1) is 19.2. The van der Waals surface area contributed by atoms with Crippen molar-refractivity contribution in [2.45, 2.75) is 31.5 Å². The van der Waals surface area contributed by atoms with E-state index < -0.39 is 0 Å². The Hall–Kier alpha value is -2.14. The number of ether oxygens (including phenoxy) is 1. The molecule has 0 saturated carbocycles. The van der Waals surface area contributed by atoms with E-state index in [4.69, 9.17) is 10.5 Å². The predicted octanol–water partition coefficient (Wildman–Crippen LogP) is 5.67. The Balaban J connectivity index is 1.59. The second-order valence-electron chi connectivity index (χ2n) is 7.59. The summed E-state index contributed by atoms with van der Waals surface area (Å²) in [6.07, 6.45) is 2.41. The van der Waals surface area contributed by atoms with Crippen LogP contribution in [0, 0.1) is 5.92 Å². The Morgan fingerprint density at radius 2 is 1.86 bits per heavy atom. The molecule has 3 nitrogen and oxygen atoms in total. The largest absolute Gasteiger partial charge is 0.399 e. The summed E-state index contributed by atoms with van der Waals surface area (Å²) in [6.45, 7) is 2.04. The molecule has 3 aromatic rings. The average Bonchev–Trinajstić information content (AvgIpc) is 3.25. The summed E-state index contributed by atoms with van der Waals surface area (Å²) < 4.78 is 5.96. The quantitative estimate of drug-likeness (QED) is 0.549. The van der Waals surface area contributed by atoms with Gasteiger partial charge in [0.1, 0.15) is 0 Å². The van der Waals surface area contributed by atoms with Crippen molar-refractivity contribution in [1.82, 2.24) is 4.90 Å². The van der Waals surface area contributed by atoms with E-state index >= 15 is 0 Å². The smallest absolute Gasteiger partial charge is 0.0942 e. The zero-order valence-electron chi connectivity index (χ0n) is 16.3. The highest BCUT2D eigenvalue weighted by Gasteiger charge is 2.34. The zero-order valence-corrected chi connectivity index (χ0v) is 17.1. The van der Waals surface area contributed by atoms with Gasteiger partial charge in [-0.05, 0) is 60.0 Å². The molecule has 2 heterocycles. The summed E-state index contributed by atoms with van der Waals surface area (Å²) in [4.78, 5) is 3.94. The molecule has 0 spiro atoms. The van der Waals surface area contributed by atoms with Gasteiger partial charge in [0.05, 0.1) is 6.10 Å². The second-order valence-corrected chi connectivity index (χ2v) is 8.57. The van der Waals surface area contributed by atoms with Crippen molar-refractivity contribution in [3.8, 4) is 0 Å². The van der Waals surface area contributed by atoms with Crippen molar-refractivity contribution in [1.29, 1.82) is 0 Å². The van der Waals surface area contributed by atoms with Crippen molar-refractivity contribution in [3.63, 3.8) is 0 Å². The van der Waals surface area contributed by atoms with Crippen molar-refractivity contribution < 1.29 is 4.74 Å². The van der Waals surface area contributed by atoms with Gasteiger partial charge in [-0.1, -0.05) is 48.5 Å². The van der Waals surface area contributed by atoms with Gasteiger partial charge in [0, 0.05) is 30.3 Å². The molecule has 0 bridgehead atoms. The Bertz CT molecular complexity index is 848. The number of piperidine rings is 1. The van der Waals surface area contributed by atoms with Crippen LogP contribution in [-0.4, -0.2) is 18.6 Å². The number of likely N-dealkylation sites (tertiary alicyclic amines) is 1. The molecule has 146 valence electrons. The van der Waals surface area contributed by atoms with Gasteiger partial charge < -0.3 is 10.5 Å². The standard InChI is InChI=1S/C24H28N2OS/c1-27-24(23-8-5-15-28-23)20-13-14-26(17-18-6-3-2-4-7-18)22(16-20)19-9-11-21(25)12-10-19/h2-12,15,20,22,24H,13-14,16-17,25H2,1H3. The van der Waals surface area contributed by atoms with Crippen LogP contribution in [0.3, 0.4) is 0 Å². The maximum Gasteiger partial charge on any atom is 0.0942 e. The minimum atomic E-state index is 0.176. The van der Waals surface area contributed by atoms with Gasteiger partial charge in [-0.2, -0.15) is 0 Å². The molecule has 4 rings (SSSR count). The lowest BCUT2D eigenvalue weighted by molar-refractivity contribution is -0.0000796. The normalized spacial score (nSPS) is 21.5. The SMILES string of the molecule is COC(c1cccs1)C1CCN(Cc2ccccc2)C(c2ccc(N)cc2)C1. The molecule has 0 aliphatic carbocycles. The van der Waals surface area contributed by atoms with E-state index in [1.807, 2.05) is 19.2 Å². The minimum Gasteiger partial charge on any atom is -0.399 e. The zero-order chi connectivity index (χ0) is 19.3. The number of methoxy groups -OCH3 is 1. The fraction of sp³-hybridized carbons (Fsp3) is 0.333. The lowest BCUT2D eigenvalue weighted by Gasteiger charge is -2.42. The van der Waals surface area contributed by atoms with E-state index in [1.54, 1.807) is 11.3 Å². The number of thiophene rings is 1. The van der Waals surface area contributed by atoms with E-state index in [0.29, 0.717) is 12.0 Å². The first-order valence-electron chi connectivity index (χ1n) is 9.94. The van der Waals surface area contributed by atoms with Crippen molar-refractivity contribution in [2.24, 2.45) is 5.92 Å².